The van der Waals surface area contributed by atoms with Gasteiger partial charge in [-0.2, -0.15) is 0 Å². The van der Waals surface area contributed by atoms with Crippen LogP contribution in [0.3, 0.4) is 0 Å². The predicted octanol–water partition coefficient (Wildman–Crippen LogP) is 1.83. The Morgan fingerprint density at radius 1 is 1.26 bits per heavy atom. The molecule has 0 aliphatic heterocycles. The van der Waals surface area contributed by atoms with E-state index in [1.54, 1.807) is 19.1 Å². The van der Waals surface area contributed by atoms with Gasteiger partial charge in [-0.15, -0.1) is 10.2 Å². The van der Waals surface area contributed by atoms with Gasteiger partial charge in [-0.3, -0.25) is 10.1 Å². The smallest absolute Gasteiger partial charge is 0.321 e. The van der Waals surface area contributed by atoms with E-state index < -0.39 is 22.7 Å². The molecule has 0 saturated heterocycles. The Bertz CT molecular complexity index is 816. The second-order valence-corrected chi connectivity index (χ2v) is 8.33. The van der Waals surface area contributed by atoms with E-state index in [0.717, 1.165) is 17.3 Å². The highest BCUT2D eigenvalue weighted by molar-refractivity contribution is 8.00. The molecule has 0 aliphatic carbocycles. The number of nitrogen functional groups attached to an aromatic ring is 1. The molecule has 0 spiro atoms. The third-order valence-corrected chi connectivity index (χ3v) is 4.44. The number of nitrogens with two attached hydrogens (primary N) is 1. The van der Waals surface area contributed by atoms with Crippen LogP contribution in [-0.4, -0.2) is 37.6 Å². The monoisotopic (exact) mass is 394 g/mol. The van der Waals surface area contributed by atoms with Crippen molar-refractivity contribution in [2.24, 2.45) is 0 Å². The summed E-state index contributed by atoms with van der Waals surface area (Å²) in [6.07, 6.45) is 0.374. The molecule has 0 aliphatic rings. The second kappa shape index (κ2) is 8.38. The Kier molecular flexibility index (Phi) is 6.42. The van der Waals surface area contributed by atoms with Gasteiger partial charge in [-0.1, -0.05) is 23.9 Å². The molecule has 146 valence electrons. The highest BCUT2D eigenvalue weighted by atomic mass is 32.2. The van der Waals surface area contributed by atoms with Crippen molar-refractivity contribution >= 4 is 23.7 Å². The lowest BCUT2D eigenvalue weighted by Gasteiger charge is -2.21. The molecule has 2 rings (SSSR count). The van der Waals surface area contributed by atoms with E-state index >= 15 is 0 Å². The first-order valence-corrected chi connectivity index (χ1v) is 9.16. The Morgan fingerprint density at radius 2 is 1.89 bits per heavy atom. The zero-order valence-corrected chi connectivity index (χ0v) is 16.4. The summed E-state index contributed by atoms with van der Waals surface area (Å²) in [5, 5.41) is 12.7. The van der Waals surface area contributed by atoms with E-state index in [2.05, 4.69) is 20.8 Å². The van der Waals surface area contributed by atoms with Gasteiger partial charge in [0.1, 0.15) is 5.82 Å². The molecule has 1 aromatic carbocycles. The Labute approximate surface area is 161 Å². The standard InChI is InChI=1S/C17H23FN6O2S/c1-10(14(25)20-15(26)21-17(2,3)4)27-16-23-22-13(24(16)19)9-11-5-7-12(18)8-6-11/h5-8,10H,9,19H2,1-4H3,(H2,20,21,25,26)/t10-/m0/s1. The van der Waals surface area contributed by atoms with Crippen molar-refractivity contribution in [3.8, 4) is 0 Å². The lowest BCUT2D eigenvalue weighted by molar-refractivity contribution is -0.119. The summed E-state index contributed by atoms with van der Waals surface area (Å²) < 4.78 is 14.3. The van der Waals surface area contributed by atoms with Gasteiger partial charge in [-0.25, -0.2) is 13.9 Å². The molecular weight excluding hydrogens is 371 g/mol. The number of thioether (sulfide) groups is 1. The van der Waals surface area contributed by atoms with Crippen LogP contribution in [0.4, 0.5) is 9.18 Å². The number of nitrogens with zero attached hydrogens (tertiary/aromatic N) is 3. The molecule has 1 aromatic heterocycles. The number of carbonyl (C=O) groups excluding carboxylic acids is 2. The van der Waals surface area contributed by atoms with Crippen molar-refractivity contribution < 1.29 is 14.0 Å². The highest BCUT2D eigenvalue weighted by Gasteiger charge is 2.22. The van der Waals surface area contributed by atoms with Crippen molar-refractivity contribution in [1.29, 1.82) is 0 Å². The van der Waals surface area contributed by atoms with Gasteiger partial charge in [0.2, 0.25) is 11.1 Å². The summed E-state index contributed by atoms with van der Waals surface area (Å²) in [6, 6.07) is 5.43. The van der Waals surface area contributed by atoms with Crippen LogP contribution in [0.1, 0.15) is 39.1 Å². The molecule has 0 radical (unpaired) electrons. The van der Waals surface area contributed by atoms with E-state index in [4.69, 9.17) is 5.84 Å². The maximum atomic E-state index is 13.0. The summed E-state index contributed by atoms with van der Waals surface area (Å²) in [5.74, 6) is 5.69. The minimum atomic E-state index is -0.610. The molecule has 1 heterocycles. The summed E-state index contributed by atoms with van der Waals surface area (Å²) in [5.41, 5.74) is 0.379. The summed E-state index contributed by atoms with van der Waals surface area (Å²) in [7, 11) is 0. The molecule has 1 atom stereocenters. The van der Waals surface area contributed by atoms with Crippen molar-refractivity contribution in [3.05, 3.63) is 41.5 Å². The van der Waals surface area contributed by atoms with Crippen molar-refractivity contribution in [2.75, 3.05) is 5.84 Å². The third kappa shape index (κ3) is 6.24. The molecule has 0 unspecified atom stereocenters. The minimum Gasteiger partial charge on any atom is -0.336 e. The van der Waals surface area contributed by atoms with E-state index in [-0.39, 0.29) is 5.82 Å². The van der Waals surface area contributed by atoms with E-state index in [9.17, 15) is 14.0 Å². The van der Waals surface area contributed by atoms with E-state index in [1.807, 2.05) is 20.8 Å². The Morgan fingerprint density at radius 3 is 2.48 bits per heavy atom. The fraction of sp³-hybridized carbons (Fsp3) is 0.412. The number of hydrogen-bond donors (Lipinski definition) is 3. The number of aromatic nitrogens is 3. The van der Waals surface area contributed by atoms with Crippen molar-refractivity contribution in [3.63, 3.8) is 0 Å². The number of rotatable bonds is 5. The maximum Gasteiger partial charge on any atom is 0.321 e. The average Bonchev–Trinajstić information content (AvgIpc) is 2.88. The van der Waals surface area contributed by atoms with Gasteiger partial charge in [-0.05, 0) is 45.4 Å². The number of benzene rings is 1. The van der Waals surface area contributed by atoms with Gasteiger partial charge in [0, 0.05) is 12.0 Å². The summed E-state index contributed by atoms with van der Waals surface area (Å²) in [4.78, 5) is 23.9. The first-order valence-electron chi connectivity index (χ1n) is 8.28. The average molecular weight is 394 g/mol. The number of hydrogen-bond acceptors (Lipinski definition) is 6. The molecular formula is C17H23FN6O2S. The molecule has 4 N–H and O–H groups in total. The normalized spacial score (nSPS) is 12.5. The van der Waals surface area contributed by atoms with Gasteiger partial charge in [0.05, 0.1) is 5.25 Å². The fourth-order valence-corrected chi connectivity index (χ4v) is 2.88. The highest BCUT2D eigenvalue weighted by Crippen LogP contribution is 2.21. The topological polar surface area (TPSA) is 115 Å². The molecule has 10 heteroatoms. The molecule has 0 saturated carbocycles. The molecule has 27 heavy (non-hydrogen) atoms. The number of amides is 3. The molecule has 2 aromatic rings. The maximum absolute atomic E-state index is 13.0. The number of halogens is 1. The summed E-state index contributed by atoms with van der Waals surface area (Å²) >= 11 is 1.08. The molecule has 0 fully saturated rings. The SMILES string of the molecule is C[C@H](Sc1nnc(Cc2ccc(F)cc2)n1N)C(=O)NC(=O)NC(C)(C)C. The Hall–Kier alpha value is -2.62. The van der Waals surface area contributed by atoms with Crippen LogP contribution in [-0.2, 0) is 11.2 Å². The quantitative estimate of drug-likeness (QED) is 0.526. The molecule has 8 nitrogen and oxygen atoms in total. The van der Waals surface area contributed by atoms with Crippen LogP contribution in [0, 0.1) is 5.82 Å². The summed E-state index contributed by atoms with van der Waals surface area (Å²) in [6.45, 7) is 7.08. The number of carbonyl (C=O) groups is 2. The minimum absolute atomic E-state index is 0.320. The van der Waals surface area contributed by atoms with Gasteiger partial charge < -0.3 is 11.2 Å². The first kappa shape index (κ1) is 20.7. The lowest BCUT2D eigenvalue weighted by atomic mass is 10.1. The zero-order valence-electron chi connectivity index (χ0n) is 15.6. The second-order valence-electron chi connectivity index (χ2n) is 7.03. The zero-order chi connectivity index (χ0) is 20.2. The van der Waals surface area contributed by atoms with Gasteiger partial charge >= 0.3 is 6.03 Å². The van der Waals surface area contributed by atoms with Crippen molar-refractivity contribution in [1.82, 2.24) is 25.5 Å². The Balaban J connectivity index is 1.97. The van der Waals surface area contributed by atoms with Crippen LogP contribution in [0.15, 0.2) is 29.4 Å². The van der Waals surface area contributed by atoms with Crippen LogP contribution in [0.5, 0.6) is 0 Å². The van der Waals surface area contributed by atoms with Gasteiger partial charge in [0.15, 0.2) is 5.82 Å². The van der Waals surface area contributed by atoms with Crippen LogP contribution < -0.4 is 16.5 Å². The van der Waals surface area contributed by atoms with Gasteiger partial charge in [0.25, 0.3) is 0 Å². The molecule has 0 bridgehead atoms. The number of imide groups is 1. The third-order valence-electron chi connectivity index (χ3n) is 3.39. The van der Waals surface area contributed by atoms with E-state index in [1.165, 1.54) is 16.8 Å². The number of nitrogens with one attached hydrogen (secondary N) is 2. The fourth-order valence-electron chi connectivity index (χ4n) is 2.09. The van der Waals surface area contributed by atoms with Crippen LogP contribution >= 0.6 is 11.8 Å². The van der Waals surface area contributed by atoms with Crippen LogP contribution in [0.25, 0.3) is 0 Å². The number of urea groups is 1. The van der Waals surface area contributed by atoms with Crippen molar-refractivity contribution in [2.45, 2.75) is 50.1 Å². The van der Waals surface area contributed by atoms with Crippen LogP contribution in [0.2, 0.25) is 0 Å². The van der Waals surface area contributed by atoms with E-state index in [0.29, 0.717) is 17.4 Å². The first-order chi connectivity index (χ1) is 12.5. The lowest BCUT2D eigenvalue weighted by Crippen LogP contribution is -2.49. The predicted molar refractivity (Wildman–Crippen MR) is 101 cm³/mol. The largest absolute Gasteiger partial charge is 0.336 e. The molecule has 3 amide bonds.